The summed E-state index contributed by atoms with van der Waals surface area (Å²) in [6, 6.07) is 0.478. The average Bonchev–Trinajstić information content (AvgIpc) is 3.10. The van der Waals surface area contributed by atoms with Gasteiger partial charge in [-0.1, -0.05) is 19.3 Å². The molecule has 0 radical (unpaired) electrons. The van der Waals surface area contributed by atoms with Crippen molar-refractivity contribution in [2.45, 2.75) is 57.9 Å². The Bertz CT molecular complexity index is 789. The van der Waals surface area contributed by atoms with Gasteiger partial charge in [-0.05, 0) is 44.1 Å². The Morgan fingerprint density at radius 1 is 1.22 bits per heavy atom. The minimum atomic E-state index is -0.0362. The minimum absolute atomic E-state index is 0.0362. The van der Waals surface area contributed by atoms with Gasteiger partial charge in [0.15, 0.2) is 5.82 Å². The predicted molar refractivity (Wildman–Crippen MR) is 107 cm³/mol. The first kappa shape index (κ1) is 18.3. The van der Waals surface area contributed by atoms with Crippen molar-refractivity contribution in [3.8, 4) is 0 Å². The Kier molecular flexibility index (Phi) is 5.62. The highest BCUT2D eigenvalue weighted by Gasteiger charge is 2.21. The summed E-state index contributed by atoms with van der Waals surface area (Å²) < 4.78 is 5.40. The molecule has 3 N–H and O–H groups in total. The van der Waals surface area contributed by atoms with Crippen LogP contribution in [-0.4, -0.2) is 41.7 Å². The van der Waals surface area contributed by atoms with Crippen LogP contribution in [0.2, 0.25) is 0 Å². The average molecular weight is 370 g/mol. The van der Waals surface area contributed by atoms with Gasteiger partial charge in [-0.25, -0.2) is 4.98 Å². The van der Waals surface area contributed by atoms with Crippen LogP contribution in [0.3, 0.4) is 0 Å². The van der Waals surface area contributed by atoms with Crippen molar-refractivity contribution < 1.29 is 9.53 Å². The highest BCUT2D eigenvalue weighted by molar-refractivity contribution is 6.09. The summed E-state index contributed by atoms with van der Waals surface area (Å²) in [5.41, 5.74) is 2.68. The standard InChI is InChI=1S/C21H30N4O2/c1-14-11-22-19-18(14)17(21(26)24-12-15-7-9-27-10-8-15)13-23-20(19)25-16-5-3-2-4-6-16/h11,13,15-16,22H,2-10,12H2,1H3,(H,23,25)(H,24,26). The first-order valence-corrected chi connectivity index (χ1v) is 10.3. The number of ether oxygens (including phenoxy) is 1. The van der Waals surface area contributed by atoms with Gasteiger partial charge in [0.25, 0.3) is 5.91 Å². The van der Waals surface area contributed by atoms with Crippen LogP contribution in [0.25, 0.3) is 10.9 Å². The molecule has 1 aliphatic carbocycles. The number of rotatable bonds is 5. The molecule has 27 heavy (non-hydrogen) atoms. The van der Waals surface area contributed by atoms with Gasteiger partial charge in [-0.3, -0.25) is 4.79 Å². The number of fused-ring (bicyclic) bond motifs is 1. The normalized spacial score (nSPS) is 19.3. The van der Waals surface area contributed by atoms with E-state index in [4.69, 9.17) is 4.74 Å². The number of pyridine rings is 1. The predicted octanol–water partition coefficient (Wildman–Crippen LogP) is 3.77. The summed E-state index contributed by atoms with van der Waals surface area (Å²) in [4.78, 5) is 20.8. The van der Waals surface area contributed by atoms with Crippen LogP contribution >= 0.6 is 0 Å². The molecule has 0 spiro atoms. The maximum absolute atomic E-state index is 12.8. The van der Waals surface area contributed by atoms with E-state index in [0.29, 0.717) is 24.1 Å². The number of carbonyl (C=O) groups is 1. The molecule has 1 saturated carbocycles. The van der Waals surface area contributed by atoms with Gasteiger partial charge in [0, 0.05) is 43.6 Å². The highest BCUT2D eigenvalue weighted by Crippen LogP contribution is 2.29. The second kappa shape index (κ2) is 8.30. The van der Waals surface area contributed by atoms with Gasteiger partial charge in [-0.15, -0.1) is 0 Å². The number of amides is 1. The summed E-state index contributed by atoms with van der Waals surface area (Å²) in [7, 11) is 0. The Hall–Kier alpha value is -2.08. The summed E-state index contributed by atoms with van der Waals surface area (Å²) in [6.07, 6.45) is 12.0. The number of nitrogens with zero attached hydrogens (tertiary/aromatic N) is 1. The molecule has 6 heteroatoms. The van der Waals surface area contributed by atoms with E-state index in [0.717, 1.165) is 48.3 Å². The Morgan fingerprint density at radius 3 is 2.78 bits per heavy atom. The molecule has 1 amide bonds. The summed E-state index contributed by atoms with van der Waals surface area (Å²) in [5.74, 6) is 1.34. The number of hydrogen-bond acceptors (Lipinski definition) is 4. The first-order chi connectivity index (χ1) is 13.2. The lowest BCUT2D eigenvalue weighted by Gasteiger charge is -2.24. The quantitative estimate of drug-likeness (QED) is 0.748. The minimum Gasteiger partial charge on any atom is -0.381 e. The Morgan fingerprint density at radius 2 is 2.00 bits per heavy atom. The van der Waals surface area contributed by atoms with Crippen molar-refractivity contribution in [2.24, 2.45) is 5.92 Å². The van der Waals surface area contributed by atoms with Crippen LogP contribution in [0.1, 0.15) is 60.9 Å². The molecule has 0 bridgehead atoms. The summed E-state index contributed by atoms with van der Waals surface area (Å²) in [6.45, 7) is 4.34. The number of anilines is 1. The number of carbonyl (C=O) groups excluding carboxylic acids is 1. The molecule has 2 aromatic heterocycles. The van der Waals surface area contributed by atoms with Gasteiger partial charge < -0.3 is 20.4 Å². The molecule has 2 fully saturated rings. The molecule has 2 aromatic rings. The molecule has 1 aliphatic heterocycles. The molecule has 1 saturated heterocycles. The van der Waals surface area contributed by atoms with Crippen molar-refractivity contribution >= 4 is 22.6 Å². The van der Waals surface area contributed by atoms with E-state index < -0.39 is 0 Å². The summed E-state index contributed by atoms with van der Waals surface area (Å²) >= 11 is 0. The maximum atomic E-state index is 12.8. The van der Waals surface area contributed by atoms with Crippen LogP contribution in [0.15, 0.2) is 12.4 Å². The zero-order valence-electron chi connectivity index (χ0n) is 16.1. The van der Waals surface area contributed by atoms with Crippen LogP contribution < -0.4 is 10.6 Å². The second-order valence-corrected chi connectivity index (χ2v) is 7.99. The molecule has 0 unspecified atom stereocenters. The van der Waals surface area contributed by atoms with E-state index in [2.05, 4.69) is 20.6 Å². The summed E-state index contributed by atoms with van der Waals surface area (Å²) in [5, 5.41) is 7.69. The van der Waals surface area contributed by atoms with E-state index in [1.807, 2.05) is 13.1 Å². The SMILES string of the molecule is Cc1c[nH]c2c(NC3CCCCC3)ncc(C(=O)NCC3CCOCC3)c12. The number of aryl methyl sites for hydroxylation is 1. The molecule has 4 rings (SSSR count). The van der Waals surface area contributed by atoms with E-state index >= 15 is 0 Å². The van der Waals surface area contributed by atoms with E-state index in [1.54, 1.807) is 6.20 Å². The molecule has 0 aromatic carbocycles. The smallest absolute Gasteiger partial charge is 0.253 e. The fourth-order valence-corrected chi connectivity index (χ4v) is 4.32. The third kappa shape index (κ3) is 4.10. The largest absolute Gasteiger partial charge is 0.381 e. The Labute approximate surface area is 160 Å². The van der Waals surface area contributed by atoms with Gasteiger partial charge in [0.05, 0.1) is 11.1 Å². The number of nitrogens with one attached hydrogen (secondary N) is 3. The van der Waals surface area contributed by atoms with Gasteiger partial charge in [0.2, 0.25) is 0 Å². The van der Waals surface area contributed by atoms with Crippen molar-refractivity contribution in [3.05, 3.63) is 23.5 Å². The lowest BCUT2D eigenvalue weighted by Crippen LogP contribution is -2.32. The fourth-order valence-electron chi connectivity index (χ4n) is 4.32. The maximum Gasteiger partial charge on any atom is 0.253 e. The second-order valence-electron chi connectivity index (χ2n) is 7.99. The lowest BCUT2D eigenvalue weighted by molar-refractivity contribution is 0.0643. The molecule has 0 atom stereocenters. The molecule has 146 valence electrons. The topological polar surface area (TPSA) is 79.0 Å². The molecule has 2 aliphatic rings. The van der Waals surface area contributed by atoms with Gasteiger partial charge in [0.1, 0.15) is 0 Å². The van der Waals surface area contributed by atoms with E-state index in [1.165, 1.54) is 32.1 Å². The van der Waals surface area contributed by atoms with Crippen molar-refractivity contribution in [1.29, 1.82) is 0 Å². The fraction of sp³-hybridized carbons (Fsp3) is 0.619. The Balaban J connectivity index is 1.51. The monoisotopic (exact) mass is 370 g/mol. The van der Waals surface area contributed by atoms with E-state index in [9.17, 15) is 4.79 Å². The van der Waals surface area contributed by atoms with Crippen LogP contribution in [0.4, 0.5) is 5.82 Å². The van der Waals surface area contributed by atoms with Crippen LogP contribution in [0, 0.1) is 12.8 Å². The number of aromatic nitrogens is 2. The zero-order chi connectivity index (χ0) is 18.6. The highest BCUT2D eigenvalue weighted by atomic mass is 16.5. The van der Waals surface area contributed by atoms with Crippen molar-refractivity contribution in [2.75, 3.05) is 25.1 Å². The van der Waals surface area contributed by atoms with Crippen LogP contribution in [0.5, 0.6) is 0 Å². The van der Waals surface area contributed by atoms with Crippen molar-refractivity contribution in [3.63, 3.8) is 0 Å². The number of hydrogen-bond donors (Lipinski definition) is 3. The van der Waals surface area contributed by atoms with Crippen molar-refractivity contribution in [1.82, 2.24) is 15.3 Å². The first-order valence-electron chi connectivity index (χ1n) is 10.3. The number of aromatic amines is 1. The third-order valence-electron chi connectivity index (χ3n) is 5.99. The van der Waals surface area contributed by atoms with Crippen LogP contribution in [-0.2, 0) is 4.74 Å². The molecule has 6 nitrogen and oxygen atoms in total. The third-order valence-corrected chi connectivity index (χ3v) is 5.99. The molecular formula is C21H30N4O2. The van der Waals surface area contributed by atoms with Gasteiger partial charge >= 0.3 is 0 Å². The lowest BCUT2D eigenvalue weighted by atomic mass is 9.95. The number of H-pyrrole nitrogens is 1. The zero-order valence-corrected chi connectivity index (χ0v) is 16.1. The molecular weight excluding hydrogens is 340 g/mol. The van der Waals surface area contributed by atoms with Gasteiger partial charge in [-0.2, -0.15) is 0 Å². The van der Waals surface area contributed by atoms with E-state index in [-0.39, 0.29) is 5.91 Å². The molecule has 3 heterocycles.